The highest BCUT2D eigenvalue weighted by molar-refractivity contribution is 7.92. The van der Waals surface area contributed by atoms with Gasteiger partial charge in [0.05, 0.1) is 11.9 Å². The van der Waals surface area contributed by atoms with E-state index in [1.54, 1.807) is 18.2 Å². The van der Waals surface area contributed by atoms with E-state index in [9.17, 15) is 22.4 Å². The maximum atomic E-state index is 13.7. The quantitative estimate of drug-likeness (QED) is 0.318. The first kappa shape index (κ1) is 30.1. The van der Waals surface area contributed by atoms with Gasteiger partial charge in [-0.05, 0) is 60.9 Å². The smallest absolute Gasteiger partial charge is 0.243 e. The molecule has 0 radical (unpaired) electrons. The van der Waals surface area contributed by atoms with Crippen molar-refractivity contribution < 1.29 is 22.4 Å². The first-order valence-corrected chi connectivity index (χ1v) is 14.9. The summed E-state index contributed by atoms with van der Waals surface area (Å²) < 4.78 is 39.4. The minimum atomic E-state index is -3.67. The van der Waals surface area contributed by atoms with Crippen LogP contribution in [0.15, 0.2) is 78.9 Å². The third kappa shape index (κ3) is 9.07. The van der Waals surface area contributed by atoms with Crippen molar-refractivity contribution in [3.63, 3.8) is 0 Å². The molecule has 1 N–H and O–H groups in total. The summed E-state index contributed by atoms with van der Waals surface area (Å²) in [6.07, 6.45) is 1.57. The number of nitrogens with zero attached hydrogens (tertiary/aromatic N) is 2. The van der Waals surface area contributed by atoms with Gasteiger partial charge in [-0.15, -0.1) is 0 Å². The van der Waals surface area contributed by atoms with Crippen LogP contribution in [0, 0.1) is 5.82 Å². The van der Waals surface area contributed by atoms with E-state index in [1.807, 2.05) is 43.3 Å². The fourth-order valence-electron chi connectivity index (χ4n) is 4.29. The minimum Gasteiger partial charge on any atom is -0.355 e. The van der Waals surface area contributed by atoms with Crippen molar-refractivity contribution >= 4 is 39.1 Å². The molecule has 3 aromatic carbocycles. The van der Waals surface area contributed by atoms with E-state index < -0.39 is 21.9 Å². The molecule has 0 aliphatic rings. The van der Waals surface area contributed by atoms with E-state index in [1.165, 1.54) is 29.2 Å². The molecular formula is C29H33ClFN3O4S. The molecule has 0 aliphatic carbocycles. The number of hydrogen-bond donors (Lipinski definition) is 1. The van der Waals surface area contributed by atoms with Crippen LogP contribution in [-0.2, 0) is 32.6 Å². The van der Waals surface area contributed by atoms with E-state index in [4.69, 9.17) is 11.6 Å². The Hall–Kier alpha value is -3.43. The van der Waals surface area contributed by atoms with Crippen LogP contribution >= 0.6 is 11.6 Å². The maximum Gasteiger partial charge on any atom is 0.243 e. The van der Waals surface area contributed by atoms with Crippen LogP contribution in [0.3, 0.4) is 0 Å². The number of carbonyl (C=O) groups is 2. The summed E-state index contributed by atoms with van der Waals surface area (Å²) in [4.78, 5) is 28.4. The van der Waals surface area contributed by atoms with E-state index in [2.05, 4.69) is 5.32 Å². The van der Waals surface area contributed by atoms with Crippen LogP contribution < -0.4 is 9.62 Å². The summed E-state index contributed by atoms with van der Waals surface area (Å²) in [5.41, 5.74) is 1.98. The summed E-state index contributed by atoms with van der Waals surface area (Å²) in [7, 11) is -3.67. The first-order valence-electron chi connectivity index (χ1n) is 12.7. The second-order valence-corrected chi connectivity index (χ2v) is 11.5. The topological polar surface area (TPSA) is 86.8 Å². The molecule has 0 aromatic heterocycles. The fraction of sp³-hybridized carbons (Fsp3) is 0.310. The molecule has 0 aliphatic heterocycles. The van der Waals surface area contributed by atoms with Gasteiger partial charge in [0.25, 0.3) is 0 Å². The third-order valence-electron chi connectivity index (χ3n) is 6.13. The fourth-order valence-corrected chi connectivity index (χ4v) is 5.47. The normalized spacial score (nSPS) is 12.0. The van der Waals surface area contributed by atoms with Crippen LogP contribution in [0.2, 0.25) is 5.02 Å². The minimum absolute atomic E-state index is 0.00151. The van der Waals surface area contributed by atoms with Crippen molar-refractivity contribution in [2.75, 3.05) is 23.7 Å². The molecule has 10 heteroatoms. The number of hydrogen-bond acceptors (Lipinski definition) is 4. The predicted molar refractivity (Wildman–Crippen MR) is 152 cm³/mol. The highest BCUT2D eigenvalue weighted by Gasteiger charge is 2.30. The van der Waals surface area contributed by atoms with Crippen molar-refractivity contribution in [1.82, 2.24) is 10.2 Å². The lowest BCUT2D eigenvalue weighted by molar-refractivity contribution is -0.141. The second-order valence-electron chi connectivity index (χ2n) is 9.17. The van der Waals surface area contributed by atoms with Crippen LogP contribution in [0.25, 0.3) is 0 Å². The number of sulfonamides is 1. The summed E-state index contributed by atoms with van der Waals surface area (Å²) in [6.45, 7) is 2.40. The summed E-state index contributed by atoms with van der Waals surface area (Å²) >= 11 is 6.19. The molecule has 0 heterocycles. The van der Waals surface area contributed by atoms with Gasteiger partial charge in [-0.1, -0.05) is 54.1 Å². The maximum absolute atomic E-state index is 13.7. The van der Waals surface area contributed by atoms with E-state index in [-0.39, 0.29) is 37.7 Å². The number of carbonyl (C=O) groups excluding carboxylic acids is 2. The SMILES string of the molecule is CCNC(=O)[C@H](Cc1ccccc1)N(Cc1cccc(Cl)c1)C(=O)CCCN(c1ccc(F)cc1)S(C)(=O)=O. The molecule has 0 unspecified atom stereocenters. The zero-order chi connectivity index (χ0) is 28.4. The predicted octanol–water partition coefficient (Wildman–Crippen LogP) is 4.80. The lowest BCUT2D eigenvalue weighted by Gasteiger charge is -2.32. The second kappa shape index (κ2) is 14.1. The zero-order valence-electron chi connectivity index (χ0n) is 22.0. The van der Waals surface area contributed by atoms with Gasteiger partial charge in [-0.2, -0.15) is 0 Å². The van der Waals surface area contributed by atoms with Gasteiger partial charge in [-0.25, -0.2) is 12.8 Å². The number of benzene rings is 3. The van der Waals surface area contributed by atoms with E-state index in [0.717, 1.165) is 21.7 Å². The number of rotatable bonds is 13. The lowest BCUT2D eigenvalue weighted by atomic mass is 10.0. The molecule has 1 atom stereocenters. The number of anilines is 1. The Morgan fingerprint density at radius 1 is 0.974 bits per heavy atom. The van der Waals surface area contributed by atoms with Gasteiger partial charge in [0.2, 0.25) is 21.8 Å². The largest absolute Gasteiger partial charge is 0.355 e. The molecule has 0 saturated carbocycles. The lowest BCUT2D eigenvalue weighted by Crippen LogP contribution is -2.50. The van der Waals surface area contributed by atoms with Crippen molar-refractivity contribution in [1.29, 1.82) is 0 Å². The van der Waals surface area contributed by atoms with E-state index in [0.29, 0.717) is 23.7 Å². The number of amides is 2. The van der Waals surface area contributed by atoms with Crippen LogP contribution in [0.4, 0.5) is 10.1 Å². The van der Waals surface area contributed by atoms with Gasteiger partial charge < -0.3 is 10.2 Å². The molecular weight excluding hydrogens is 541 g/mol. The highest BCUT2D eigenvalue weighted by Crippen LogP contribution is 2.21. The van der Waals surface area contributed by atoms with Gasteiger partial charge >= 0.3 is 0 Å². The molecule has 208 valence electrons. The van der Waals surface area contributed by atoms with Gasteiger partial charge in [0.1, 0.15) is 11.9 Å². The summed E-state index contributed by atoms with van der Waals surface area (Å²) in [6, 6.07) is 20.9. The van der Waals surface area contributed by atoms with Crippen molar-refractivity contribution in [2.45, 2.75) is 38.8 Å². The van der Waals surface area contributed by atoms with Crippen molar-refractivity contribution in [2.24, 2.45) is 0 Å². The van der Waals surface area contributed by atoms with Gasteiger partial charge in [-0.3, -0.25) is 13.9 Å². The Morgan fingerprint density at radius 2 is 1.64 bits per heavy atom. The molecule has 3 aromatic rings. The number of halogens is 2. The average molecular weight is 574 g/mol. The van der Waals surface area contributed by atoms with E-state index >= 15 is 0 Å². The number of likely N-dealkylation sites (N-methyl/N-ethyl adjacent to an activating group) is 1. The average Bonchev–Trinajstić information content (AvgIpc) is 2.89. The first-order chi connectivity index (χ1) is 18.6. The molecule has 2 amide bonds. The summed E-state index contributed by atoms with van der Waals surface area (Å²) in [5, 5.41) is 3.36. The molecule has 0 saturated heterocycles. The van der Waals surface area contributed by atoms with Gasteiger partial charge in [0, 0.05) is 37.5 Å². The Labute approximate surface area is 234 Å². The Kier molecular flexibility index (Phi) is 10.9. The standard InChI is InChI=1S/C29H33ClFN3O4S/c1-3-32-29(36)27(20-22-9-5-4-6-10-22)33(21-23-11-7-12-24(30)19-23)28(35)13-8-18-34(39(2,37)38)26-16-14-25(31)15-17-26/h4-7,9-12,14-17,19,27H,3,8,13,18,20-21H2,1-2H3,(H,32,36)/t27-/m0/s1. The highest BCUT2D eigenvalue weighted by atomic mass is 35.5. The number of nitrogens with one attached hydrogen (secondary N) is 1. The molecule has 3 rings (SSSR count). The Balaban J connectivity index is 1.85. The molecule has 0 bridgehead atoms. The van der Waals surface area contributed by atoms with Gasteiger partial charge in [0.15, 0.2) is 0 Å². The van der Waals surface area contributed by atoms with Crippen molar-refractivity contribution in [3.8, 4) is 0 Å². The molecule has 0 fully saturated rings. The van der Waals surface area contributed by atoms with Crippen LogP contribution in [-0.4, -0.2) is 50.5 Å². The Bertz CT molecular complexity index is 1350. The molecule has 0 spiro atoms. The molecule has 7 nitrogen and oxygen atoms in total. The third-order valence-corrected chi connectivity index (χ3v) is 7.56. The van der Waals surface area contributed by atoms with Crippen molar-refractivity contribution in [3.05, 3.63) is 101 Å². The molecule has 39 heavy (non-hydrogen) atoms. The van der Waals surface area contributed by atoms with Crippen LogP contribution in [0.5, 0.6) is 0 Å². The summed E-state index contributed by atoms with van der Waals surface area (Å²) in [5.74, 6) is -1.05. The zero-order valence-corrected chi connectivity index (χ0v) is 23.6. The van der Waals surface area contributed by atoms with Crippen LogP contribution in [0.1, 0.15) is 30.9 Å². The monoisotopic (exact) mass is 573 g/mol. The Morgan fingerprint density at radius 3 is 2.26 bits per heavy atom.